The third kappa shape index (κ3) is 2.41. The summed E-state index contributed by atoms with van der Waals surface area (Å²) in [6, 6.07) is 7.13. The molecule has 0 aliphatic heterocycles. The van der Waals surface area contributed by atoms with Crippen molar-refractivity contribution in [1.29, 1.82) is 0 Å². The Morgan fingerprint density at radius 1 is 1.31 bits per heavy atom. The Morgan fingerprint density at radius 3 is 2.88 bits per heavy atom. The minimum atomic E-state index is 0.168. The van der Waals surface area contributed by atoms with Gasteiger partial charge in [0, 0.05) is 12.3 Å². The van der Waals surface area contributed by atoms with Crippen molar-refractivity contribution in [3.63, 3.8) is 0 Å². The van der Waals surface area contributed by atoms with Crippen molar-refractivity contribution in [2.45, 2.75) is 6.92 Å². The molecule has 1 aromatic carbocycles. The van der Waals surface area contributed by atoms with E-state index in [0.717, 1.165) is 5.56 Å². The molecular weight excluding hydrogens is 226 g/mol. The van der Waals surface area contributed by atoms with Gasteiger partial charge in [-0.1, -0.05) is 17.7 Å². The lowest BCUT2D eigenvalue weighted by Gasteiger charge is -2.07. The minimum Gasteiger partial charge on any atom is -0.437 e. The zero-order chi connectivity index (χ0) is 11.5. The number of nitrogen functional groups attached to an aromatic ring is 1. The number of hydrogen-bond acceptors (Lipinski definition) is 4. The Labute approximate surface area is 98.0 Å². The second-order valence-electron chi connectivity index (χ2n) is 3.29. The predicted molar refractivity (Wildman–Crippen MR) is 62.7 cm³/mol. The first kappa shape index (κ1) is 10.7. The zero-order valence-electron chi connectivity index (χ0n) is 8.64. The lowest BCUT2D eigenvalue weighted by atomic mass is 10.2. The van der Waals surface area contributed by atoms with Crippen LogP contribution in [0.15, 0.2) is 30.5 Å². The van der Waals surface area contributed by atoms with Gasteiger partial charge in [-0.25, -0.2) is 4.98 Å². The van der Waals surface area contributed by atoms with Crippen LogP contribution in [-0.4, -0.2) is 9.97 Å². The lowest BCUT2D eigenvalue weighted by Crippen LogP contribution is -1.96. The van der Waals surface area contributed by atoms with E-state index < -0.39 is 0 Å². The highest BCUT2D eigenvalue weighted by atomic mass is 35.5. The van der Waals surface area contributed by atoms with Crippen LogP contribution >= 0.6 is 11.6 Å². The maximum Gasteiger partial charge on any atom is 0.224 e. The van der Waals surface area contributed by atoms with E-state index >= 15 is 0 Å². The van der Waals surface area contributed by atoms with E-state index in [1.807, 2.05) is 19.1 Å². The number of aromatic nitrogens is 2. The van der Waals surface area contributed by atoms with Gasteiger partial charge in [0.05, 0.1) is 5.02 Å². The van der Waals surface area contributed by atoms with Gasteiger partial charge >= 0.3 is 0 Å². The first-order chi connectivity index (χ1) is 7.65. The SMILES string of the molecule is Cc1ccc(Cl)c(Oc2ccnc(N)n2)c1. The zero-order valence-corrected chi connectivity index (χ0v) is 9.40. The van der Waals surface area contributed by atoms with Gasteiger partial charge in [0.25, 0.3) is 0 Å². The van der Waals surface area contributed by atoms with Crippen LogP contribution in [0.3, 0.4) is 0 Å². The smallest absolute Gasteiger partial charge is 0.224 e. The average Bonchev–Trinajstić information content (AvgIpc) is 2.24. The van der Waals surface area contributed by atoms with Gasteiger partial charge < -0.3 is 10.5 Å². The standard InChI is InChI=1S/C11H10ClN3O/c1-7-2-3-8(12)9(6-7)16-10-4-5-14-11(13)15-10/h2-6H,1H3,(H2,13,14,15). The summed E-state index contributed by atoms with van der Waals surface area (Å²) in [6.45, 7) is 1.96. The quantitative estimate of drug-likeness (QED) is 0.870. The molecule has 0 aliphatic rings. The maximum absolute atomic E-state index is 5.99. The normalized spacial score (nSPS) is 10.1. The van der Waals surface area contributed by atoms with Gasteiger partial charge in [-0.2, -0.15) is 4.98 Å². The van der Waals surface area contributed by atoms with Crippen LogP contribution in [-0.2, 0) is 0 Å². The molecule has 82 valence electrons. The van der Waals surface area contributed by atoms with Crippen molar-refractivity contribution < 1.29 is 4.74 Å². The number of hydrogen-bond donors (Lipinski definition) is 1. The fraction of sp³-hybridized carbons (Fsp3) is 0.0909. The Kier molecular flexibility index (Phi) is 2.92. The summed E-state index contributed by atoms with van der Waals surface area (Å²) in [6.07, 6.45) is 1.53. The Balaban J connectivity index is 2.30. The predicted octanol–water partition coefficient (Wildman–Crippen LogP) is 2.81. The summed E-state index contributed by atoms with van der Waals surface area (Å²) in [7, 11) is 0. The molecule has 0 saturated carbocycles. The third-order valence-corrected chi connectivity index (χ3v) is 2.26. The highest BCUT2D eigenvalue weighted by Gasteiger charge is 2.04. The van der Waals surface area contributed by atoms with E-state index in [-0.39, 0.29) is 5.95 Å². The summed E-state index contributed by atoms with van der Waals surface area (Å²) in [5.41, 5.74) is 6.50. The molecule has 2 N–H and O–H groups in total. The Morgan fingerprint density at radius 2 is 2.12 bits per heavy atom. The molecule has 0 fully saturated rings. The molecule has 0 bridgehead atoms. The van der Waals surface area contributed by atoms with Gasteiger partial charge in [0.1, 0.15) is 5.75 Å². The molecule has 16 heavy (non-hydrogen) atoms. The average molecular weight is 236 g/mol. The fourth-order valence-electron chi connectivity index (χ4n) is 1.21. The molecule has 2 aromatic rings. The van der Waals surface area contributed by atoms with Crippen LogP contribution in [0.1, 0.15) is 5.56 Å². The summed E-state index contributed by atoms with van der Waals surface area (Å²) < 4.78 is 5.51. The molecule has 5 heteroatoms. The van der Waals surface area contributed by atoms with Crippen molar-refractivity contribution in [2.75, 3.05) is 5.73 Å². The minimum absolute atomic E-state index is 0.168. The number of rotatable bonds is 2. The first-order valence-electron chi connectivity index (χ1n) is 4.67. The molecule has 0 atom stereocenters. The Hall–Kier alpha value is -1.81. The van der Waals surface area contributed by atoms with Crippen molar-refractivity contribution in [1.82, 2.24) is 9.97 Å². The molecule has 0 spiro atoms. The van der Waals surface area contributed by atoms with Gasteiger partial charge in [0.15, 0.2) is 0 Å². The molecule has 0 saturated heterocycles. The number of nitrogens with two attached hydrogens (primary N) is 1. The number of aryl methyl sites for hydroxylation is 1. The highest BCUT2D eigenvalue weighted by molar-refractivity contribution is 6.32. The van der Waals surface area contributed by atoms with E-state index in [1.54, 1.807) is 12.1 Å². The van der Waals surface area contributed by atoms with Gasteiger partial charge in [-0.15, -0.1) is 0 Å². The maximum atomic E-state index is 5.99. The van der Waals surface area contributed by atoms with Crippen LogP contribution in [0.25, 0.3) is 0 Å². The highest BCUT2D eigenvalue weighted by Crippen LogP contribution is 2.29. The number of anilines is 1. The van der Waals surface area contributed by atoms with E-state index in [4.69, 9.17) is 22.1 Å². The van der Waals surface area contributed by atoms with E-state index in [0.29, 0.717) is 16.7 Å². The second-order valence-corrected chi connectivity index (χ2v) is 3.70. The van der Waals surface area contributed by atoms with E-state index in [9.17, 15) is 0 Å². The van der Waals surface area contributed by atoms with Crippen molar-refractivity contribution in [3.8, 4) is 11.6 Å². The van der Waals surface area contributed by atoms with Crippen LogP contribution in [0.4, 0.5) is 5.95 Å². The summed E-state index contributed by atoms with van der Waals surface area (Å²) in [5, 5.41) is 0.530. The fourth-order valence-corrected chi connectivity index (χ4v) is 1.37. The second kappa shape index (κ2) is 4.37. The Bertz CT molecular complexity index is 516. The molecule has 0 amide bonds. The molecule has 1 aromatic heterocycles. The number of halogens is 1. The number of ether oxygens (including phenoxy) is 1. The van der Waals surface area contributed by atoms with E-state index in [1.165, 1.54) is 6.20 Å². The van der Waals surface area contributed by atoms with Crippen molar-refractivity contribution in [2.24, 2.45) is 0 Å². The molecule has 4 nitrogen and oxygen atoms in total. The summed E-state index contributed by atoms with van der Waals surface area (Å²) in [4.78, 5) is 7.70. The first-order valence-corrected chi connectivity index (χ1v) is 5.05. The van der Waals surface area contributed by atoms with Gasteiger partial charge in [0.2, 0.25) is 11.8 Å². The molecule has 0 radical (unpaired) electrons. The van der Waals surface area contributed by atoms with Gasteiger partial charge in [-0.3, -0.25) is 0 Å². The summed E-state index contributed by atoms with van der Waals surface area (Å²) in [5.74, 6) is 1.10. The summed E-state index contributed by atoms with van der Waals surface area (Å²) >= 11 is 5.99. The molecule has 1 heterocycles. The number of benzene rings is 1. The van der Waals surface area contributed by atoms with Crippen LogP contribution in [0, 0.1) is 6.92 Å². The third-order valence-electron chi connectivity index (χ3n) is 1.95. The van der Waals surface area contributed by atoms with E-state index in [2.05, 4.69) is 9.97 Å². The number of nitrogens with zero attached hydrogens (tertiary/aromatic N) is 2. The largest absolute Gasteiger partial charge is 0.437 e. The monoisotopic (exact) mass is 235 g/mol. The van der Waals surface area contributed by atoms with Crippen molar-refractivity contribution >= 4 is 17.5 Å². The van der Waals surface area contributed by atoms with Crippen LogP contribution in [0.5, 0.6) is 11.6 Å². The molecule has 2 rings (SSSR count). The molecule has 0 aliphatic carbocycles. The van der Waals surface area contributed by atoms with Crippen LogP contribution in [0.2, 0.25) is 5.02 Å². The molecule has 0 unspecified atom stereocenters. The molecular formula is C11H10ClN3O. The topological polar surface area (TPSA) is 61.0 Å². The van der Waals surface area contributed by atoms with Gasteiger partial charge in [-0.05, 0) is 24.6 Å². The lowest BCUT2D eigenvalue weighted by molar-refractivity contribution is 0.462. The van der Waals surface area contributed by atoms with Crippen molar-refractivity contribution in [3.05, 3.63) is 41.0 Å². The van der Waals surface area contributed by atoms with Crippen LogP contribution < -0.4 is 10.5 Å².